The van der Waals surface area contributed by atoms with Gasteiger partial charge in [0.1, 0.15) is 0 Å². The van der Waals surface area contributed by atoms with E-state index in [0.29, 0.717) is 30.5 Å². The Balaban J connectivity index is 1.88. The van der Waals surface area contributed by atoms with Gasteiger partial charge in [-0.25, -0.2) is 4.98 Å². The van der Waals surface area contributed by atoms with E-state index in [0.717, 1.165) is 16.8 Å². The highest BCUT2D eigenvalue weighted by Crippen LogP contribution is 2.27. The van der Waals surface area contributed by atoms with Crippen molar-refractivity contribution in [2.24, 2.45) is 13.0 Å². The van der Waals surface area contributed by atoms with E-state index in [-0.39, 0.29) is 17.9 Å². The van der Waals surface area contributed by atoms with Gasteiger partial charge < -0.3 is 10.4 Å². The lowest BCUT2D eigenvalue weighted by Crippen LogP contribution is -2.33. The van der Waals surface area contributed by atoms with E-state index < -0.39 is 5.97 Å². The number of aryl methyl sites for hydroxylation is 3. The second-order valence-corrected chi connectivity index (χ2v) is 6.24. The van der Waals surface area contributed by atoms with Crippen molar-refractivity contribution in [3.05, 3.63) is 23.0 Å². The molecule has 2 N–H and O–H groups in total. The van der Waals surface area contributed by atoms with Crippen molar-refractivity contribution in [1.29, 1.82) is 0 Å². The Labute approximate surface area is 133 Å². The molecule has 3 rings (SSSR count). The minimum absolute atomic E-state index is 0.0934. The number of fused-ring (bicyclic) bond motifs is 1. The lowest BCUT2D eigenvalue weighted by Gasteiger charge is -2.13. The molecule has 1 aliphatic carbocycles. The second-order valence-electron chi connectivity index (χ2n) is 6.24. The van der Waals surface area contributed by atoms with Crippen LogP contribution in [0.15, 0.2) is 6.07 Å². The predicted molar refractivity (Wildman–Crippen MR) is 84.2 cm³/mol. The van der Waals surface area contributed by atoms with Crippen LogP contribution in [-0.2, 0) is 11.8 Å². The summed E-state index contributed by atoms with van der Waals surface area (Å²) >= 11 is 0. The number of hydrogen-bond acceptors (Lipinski definition) is 4. The Hall–Kier alpha value is -2.44. The van der Waals surface area contributed by atoms with E-state index in [4.69, 9.17) is 5.11 Å². The molecule has 0 aliphatic heterocycles. The summed E-state index contributed by atoms with van der Waals surface area (Å²) in [6.07, 6.45) is 1.79. The van der Waals surface area contributed by atoms with Gasteiger partial charge in [0.05, 0.1) is 22.6 Å². The van der Waals surface area contributed by atoms with Crippen molar-refractivity contribution in [2.45, 2.75) is 39.2 Å². The maximum absolute atomic E-state index is 12.7. The van der Waals surface area contributed by atoms with E-state index in [1.165, 1.54) is 0 Å². The molecule has 0 unspecified atom stereocenters. The molecule has 7 nitrogen and oxygen atoms in total. The predicted octanol–water partition coefficient (Wildman–Crippen LogP) is 1.57. The van der Waals surface area contributed by atoms with Crippen LogP contribution in [0.2, 0.25) is 0 Å². The van der Waals surface area contributed by atoms with Crippen LogP contribution in [0.1, 0.15) is 41.0 Å². The molecule has 1 saturated carbocycles. The number of hydrogen-bond donors (Lipinski definition) is 2. The van der Waals surface area contributed by atoms with Crippen LogP contribution in [0.4, 0.5) is 0 Å². The van der Waals surface area contributed by atoms with Crippen LogP contribution < -0.4 is 5.32 Å². The summed E-state index contributed by atoms with van der Waals surface area (Å²) in [4.78, 5) is 28.2. The fourth-order valence-corrected chi connectivity index (χ4v) is 3.35. The van der Waals surface area contributed by atoms with Crippen LogP contribution in [0.3, 0.4) is 0 Å². The van der Waals surface area contributed by atoms with Crippen molar-refractivity contribution >= 4 is 22.9 Å². The van der Waals surface area contributed by atoms with Gasteiger partial charge in [-0.1, -0.05) is 0 Å². The molecule has 0 bridgehead atoms. The monoisotopic (exact) mass is 316 g/mol. The van der Waals surface area contributed by atoms with Crippen LogP contribution in [0.25, 0.3) is 11.0 Å². The average Bonchev–Trinajstić information content (AvgIpc) is 3.04. The molecule has 0 saturated heterocycles. The zero-order valence-electron chi connectivity index (χ0n) is 13.5. The van der Waals surface area contributed by atoms with Gasteiger partial charge in [0.15, 0.2) is 5.65 Å². The van der Waals surface area contributed by atoms with Crippen molar-refractivity contribution in [1.82, 2.24) is 20.1 Å². The molecule has 1 aliphatic rings. The number of aromatic nitrogens is 3. The molecular weight excluding hydrogens is 296 g/mol. The Bertz CT molecular complexity index is 796. The third-order valence-corrected chi connectivity index (χ3v) is 4.46. The SMILES string of the molecule is Cc1cc(C(=O)N[C@@H]2CC[C@H](C(=O)O)C2)c2c(C)nn(C)c2n1. The maximum Gasteiger partial charge on any atom is 0.306 e. The standard InChI is InChI=1S/C16H20N4O3/c1-8-6-12(13-9(2)19-20(3)14(13)17-8)15(21)18-11-5-4-10(7-11)16(22)23/h6,10-11H,4-5,7H2,1-3H3,(H,18,21)(H,22,23)/t10-,11+/m0/s1. The minimum Gasteiger partial charge on any atom is -0.481 e. The van der Waals surface area contributed by atoms with Gasteiger partial charge in [0, 0.05) is 18.8 Å². The zero-order chi connectivity index (χ0) is 16.7. The quantitative estimate of drug-likeness (QED) is 0.896. The zero-order valence-corrected chi connectivity index (χ0v) is 13.5. The van der Waals surface area contributed by atoms with E-state index in [1.54, 1.807) is 17.8 Å². The lowest BCUT2D eigenvalue weighted by atomic mass is 10.1. The van der Waals surface area contributed by atoms with Crippen molar-refractivity contribution in [2.75, 3.05) is 0 Å². The first-order valence-electron chi connectivity index (χ1n) is 7.71. The number of pyridine rings is 1. The normalized spacial score (nSPS) is 20.8. The van der Waals surface area contributed by atoms with Gasteiger partial charge in [-0.15, -0.1) is 0 Å². The van der Waals surface area contributed by atoms with E-state index in [9.17, 15) is 9.59 Å². The third-order valence-electron chi connectivity index (χ3n) is 4.46. The van der Waals surface area contributed by atoms with Gasteiger partial charge in [-0.2, -0.15) is 5.10 Å². The fourth-order valence-electron chi connectivity index (χ4n) is 3.35. The van der Waals surface area contributed by atoms with E-state index in [2.05, 4.69) is 15.4 Å². The Morgan fingerprint density at radius 2 is 2.09 bits per heavy atom. The molecule has 1 fully saturated rings. The summed E-state index contributed by atoms with van der Waals surface area (Å²) in [5, 5.41) is 17.1. The number of carbonyl (C=O) groups is 2. The largest absolute Gasteiger partial charge is 0.481 e. The first-order chi connectivity index (χ1) is 10.9. The average molecular weight is 316 g/mol. The first-order valence-corrected chi connectivity index (χ1v) is 7.71. The summed E-state index contributed by atoms with van der Waals surface area (Å²) < 4.78 is 1.67. The minimum atomic E-state index is -0.785. The molecule has 2 aromatic heterocycles. The summed E-state index contributed by atoms with van der Waals surface area (Å²) in [6, 6.07) is 1.67. The number of aliphatic carboxylic acids is 1. The van der Waals surface area contributed by atoms with Gasteiger partial charge in [0.25, 0.3) is 5.91 Å². The molecule has 2 aromatic rings. The number of nitrogens with one attached hydrogen (secondary N) is 1. The van der Waals surface area contributed by atoms with E-state index >= 15 is 0 Å². The summed E-state index contributed by atoms with van der Waals surface area (Å²) in [5.74, 6) is -1.33. The van der Waals surface area contributed by atoms with Crippen LogP contribution in [0.5, 0.6) is 0 Å². The number of carbonyl (C=O) groups excluding carboxylic acids is 1. The molecule has 2 heterocycles. The van der Waals surface area contributed by atoms with Gasteiger partial charge >= 0.3 is 5.97 Å². The number of carboxylic acids is 1. The lowest BCUT2D eigenvalue weighted by molar-refractivity contribution is -0.141. The van der Waals surface area contributed by atoms with Crippen molar-refractivity contribution in [3.8, 4) is 0 Å². The van der Waals surface area contributed by atoms with Gasteiger partial charge in [0.2, 0.25) is 0 Å². The molecule has 0 radical (unpaired) electrons. The molecule has 1 amide bonds. The Morgan fingerprint density at radius 3 is 2.74 bits per heavy atom. The summed E-state index contributed by atoms with van der Waals surface area (Å²) in [6.45, 7) is 3.70. The summed E-state index contributed by atoms with van der Waals surface area (Å²) in [5.41, 5.74) is 2.75. The van der Waals surface area contributed by atoms with Gasteiger partial charge in [-0.05, 0) is 39.2 Å². The molecule has 7 heteroatoms. The number of nitrogens with zero attached hydrogens (tertiary/aromatic N) is 3. The number of rotatable bonds is 3. The summed E-state index contributed by atoms with van der Waals surface area (Å²) in [7, 11) is 1.80. The molecule has 2 atom stereocenters. The maximum atomic E-state index is 12.7. The Kier molecular flexibility index (Phi) is 3.79. The third kappa shape index (κ3) is 2.78. The highest BCUT2D eigenvalue weighted by molar-refractivity contribution is 6.06. The molecule has 0 spiro atoms. The second kappa shape index (κ2) is 5.64. The highest BCUT2D eigenvalue weighted by Gasteiger charge is 2.31. The first kappa shape index (κ1) is 15.5. The fraction of sp³-hybridized carbons (Fsp3) is 0.500. The van der Waals surface area contributed by atoms with Gasteiger partial charge in [-0.3, -0.25) is 14.3 Å². The topological polar surface area (TPSA) is 97.1 Å². The molecule has 0 aromatic carbocycles. The van der Waals surface area contributed by atoms with Crippen LogP contribution in [-0.4, -0.2) is 37.8 Å². The van der Waals surface area contributed by atoms with Crippen LogP contribution in [0, 0.1) is 19.8 Å². The smallest absolute Gasteiger partial charge is 0.306 e. The van der Waals surface area contributed by atoms with Crippen molar-refractivity contribution in [3.63, 3.8) is 0 Å². The van der Waals surface area contributed by atoms with Crippen molar-refractivity contribution < 1.29 is 14.7 Å². The number of amides is 1. The van der Waals surface area contributed by atoms with E-state index in [1.807, 2.05) is 13.8 Å². The Morgan fingerprint density at radius 1 is 1.35 bits per heavy atom. The highest BCUT2D eigenvalue weighted by atomic mass is 16.4. The molecule has 23 heavy (non-hydrogen) atoms. The molecular formula is C16H20N4O3. The van der Waals surface area contributed by atoms with Crippen LogP contribution >= 0.6 is 0 Å². The number of carboxylic acid groups (broad SMARTS) is 1. The molecule has 122 valence electrons.